The lowest BCUT2D eigenvalue weighted by molar-refractivity contribution is -0.529. The Hall–Kier alpha value is -2.39. The number of halogens is 4. The Morgan fingerprint density at radius 1 is 1.23 bits per heavy atom. The minimum absolute atomic E-state index is 0.0468. The van der Waals surface area contributed by atoms with Gasteiger partial charge in [-0.05, 0) is 27.2 Å². The van der Waals surface area contributed by atoms with Crippen molar-refractivity contribution in [3.8, 4) is 0 Å². The fraction of sp³-hybridized carbons (Fsp3) is 0.562. The van der Waals surface area contributed by atoms with Gasteiger partial charge in [0.2, 0.25) is 6.04 Å². The van der Waals surface area contributed by atoms with Crippen LogP contribution < -0.4 is 0 Å². The zero-order chi connectivity index (χ0) is 19.8. The molecule has 1 aromatic rings. The number of carbonyl (C=O) groups is 1. The Bertz CT molecular complexity index is 710. The fourth-order valence-corrected chi connectivity index (χ4v) is 2.89. The number of rotatable bonds is 2. The van der Waals surface area contributed by atoms with Crippen LogP contribution in [0.5, 0.6) is 0 Å². The Morgan fingerprint density at radius 2 is 1.77 bits per heavy atom. The highest BCUT2D eigenvalue weighted by atomic mass is 19.2. The quantitative estimate of drug-likeness (QED) is 0.341. The molecule has 26 heavy (non-hydrogen) atoms. The van der Waals surface area contributed by atoms with Crippen molar-refractivity contribution in [1.29, 1.82) is 0 Å². The van der Waals surface area contributed by atoms with E-state index in [4.69, 9.17) is 4.74 Å². The molecule has 1 aliphatic heterocycles. The van der Waals surface area contributed by atoms with Crippen molar-refractivity contribution >= 4 is 6.09 Å². The molecule has 1 heterocycles. The summed E-state index contributed by atoms with van der Waals surface area (Å²) in [7, 11) is 0. The predicted molar refractivity (Wildman–Crippen MR) is 82.2 cm³/mol. The number of likely N-dealkylation sites (tertiary alicyclic amines) is 1. The summed E-state index contributed by atoms with van der Waals surface area (Å²) in [6.45, 7) is 4.24. The summed E-state index contributed by atoms with van der Waals surface area (Å²) in [4.78, 5) is 23.7. The largest absolute Gasteiger partial charge is 0.444 e. The lowest BCUT2D eigenvalue weighted by Crippen LogP contribution is -2.50. The molecule has 2 atom stereocenters. The highest BCUT2D eigenvalue weighted by molar-refractivity contribution is 5.68. The third kappa shape index (κ3) is 4.05. The van der Waals surface area contributed by atoms with Gasteiger partial charge in [0.25, 0.3) is 0 Å². The summed E-state index contributed by atoms with van der Waals surface area (Å²) in [6.07, 6.45) is -1.06. The molecule has 1 aliphatic rings. The van der Waals surface area contributed by atoms with Crippen LogP contribution in [0.15, 0.2) is 6.07 Å². The van der Waals surface area contributed by atoms with E-state index in [-0.39, 0.29) is 19.0 Å². The number of piperidine rings is 1. The van der Waals surface area contributed by atoms with Gasteiger partial charge in [0.15, 0.2) is 23.3 Å². The number of nitrogens with zero attached hydrogens (tertiary/aromatic N) is 2. The molecule has 0 bridgehead atoms. The van der Waals surface area contributed by atoms with Crippen LogP contribution in [0.2, 0.25) is 0 Å². The number of ether oxygens (including phenoxy) is 1. The number of amides is 1. The van der Waals surface area contributed by atoms with Crippen LogP contribution >= 0.6 is 0 Å². The van der Waals surface area contributed by atoms with Crippen LogP contribution in [-0.2, 0) is 4.74 Å². The SMILES string of the molecule is CC(C)(C)OC(=O)N1CC[C@@H](c2c(F)c(F)cc(F)c2F)[C@H]([N+](=O)[O-])C1. The normalized spacial score (nSPS) is 20.8. The van der Waals surface area contributed by atoms with Gasteiger partial charge in [-0.15, -0.1) is 0 Å². The van der Waals surface area contributed by atoms with Crippen molar-refractivity contribution in [2.24, 2.45) is 0 Å². The second kappa shape index (κ2) is 7.08. The highest BCUT2D eigenvalue weighted by Gasteiger charge is 2.44. The van der Waals surface area contributed by atoms with Crippen molar-refractivity contribution in [2.75, 3.05) is 13.1 Å². The van der Waals surface area contributed by atoms with Crippen molar-refractivity contribution in [2.45, 2.75) is 44.8 Å². The lowest BCUT2D eigenvalue weighted by Gasteiger charge is -2.35. The second-order valence-electron chi connectivity index (χ2n) is 7.06. The number of benzene rings is 1. The molecule has 0 radical (unpaired) electrons. The molecule has 1 saturated heterocycles. The summed E-state index contributed by atoms with van der Waals surface area (Å²) in [6, 6.07) is -1.59. The van der Waals surface area contributed by atoms with Gasteiger partial charge in [-0.2, -0.15) is 0 Å². The van der Waals surface area contributed by atoms with E-state index >= 15 is 0 Å². The molecule has 0 saturated carbocycles. The van der Waals surface area contributed by atoms with E-state index in [2.05, 4.69) is 0 Å². The molecular weight excluding hydrogens is 360 g/mol. The summed E-state index contributed by atoms with van der Waals surface area (Å²) in [5.74, 6) is -8.00. The molecule has 1 aromatic carbocycles. The summed E-state index contributed by atoms with van der Waals surface area (Å²) in [5.41, 5.74) is -1.84. The molecular formula is C16H18F4N2O4. The first-order valence-corrected chi connectivity index (χ1v) is 7.86. The fourth-order valence-electron chi connectivity index (χ4n) is 2.89. The first-order chi connectivity index (χ1) is 11.9. The standard InChI is InChI=1S/C16H18F4N2O4/c1-16(2,3)26-15(23)21-5-4-8(11(7-21)22(24)25)12-13(19)9(17)6-10(18)14(12)20/h6,8,11H,4-5,7H2,1-3H3/t8-,11-/m1/s1. The molecule has 144 valence electrons. The van der Waals surface area contributed by atoms with Crippen molar-refractivity contribution in [3.05, 3.63) is 45.0 Å². The molecule has 0 spiro atoms. The minimum atomic E-state index is -1.66. The zero-order valence-corrected chi connectivity index (χ0v) is 14.4. The first-order valence-electron chi connectivity index (χ1n) is 7.86. The number of hydrogen-bond acceptors (Lipinski definition) is 4. The topological polar surface area (TPSA) is 72.7 Å². The Balaban J connectivity index is 2.34. The van der Waals surface area contributed by atoms with E-state index in [0.29, 0.717) is 0 Å². The monoisotopic (exact) mass is 378 g/mol. The third-order valence-electron chi connectivity index (χ3n) is 4.02. The van der Waals surface area contributed by atoms with E-state index in [0.717, 1.165) is 4.90 Å². The van der Waals surface area contributed by atoms with Crippen LogP contribution in [-0.4, -0.2) is 40.6 Å². The van der Waals surface area contributed by atoms with E-state index in [1.54, 1.807) is 20.8 Å². The van der Waals surface area contributed by atoms with Gasteiger partial charge in [-0.25, -0.2) is 22.4 Å². The van der Waals surface area contributed by atoms with Gasteiger partial charge >= 0.3 is 6.09 Å². The Kier molecular flexibility index (Phi) is 5.43. The van der Waals surface area contributed by atoms with Gasteiger partial charge in [-0.1, -0.05) is 0 Å². The molecule has 0 unspecified atom stereocenters. The van der Waals surface area contributed by atoms with Crippen LogP contribution in [0.1, 0.15) is 38.7 Å². The lowest BCUT2D eigenvalue weighted by atomic mass is 9.84. The van der Waals surface area contributed by atoms with Gasteiger partial charge < -0.3 is 9.64 Å². The van der Waals surface area contributed by atoms with Gasteiger partial charge in [0.05, 0.1) is 12.5 Å². The predicted octanol–water partition coefficient (Wildman–Crippen LogP) is 3.61. The number of hydrogen-bond donors (Lipinski definition) is 0. The first kappa shape index (κ1) is 19.9. The average molecular weight is 378 g/mol. The molecule has 0 aliphatic carbocycles. The summed E-state index contributed by atoms with van der Waals surface area (Å²) < 4.78 is 60.1. The molecule has 2 rings (SSSR count). The summed E-state index contributed by atoms with van der Waals surface area (Å²) >= 11 is 0. The maximum absolute atomic E-state index is 14.0. The van der Waals surface area contributed by atoms with E-state index in [1.807, 2.05) is 0 Å². The van der Waals surface area contributed by atoms with Crippen LogP contribution in [0.4, 0.5) is 22.4 Å². The highest BCUT2D eigenvalue weighted by Crippen LogP contribution is 2.35. The third-order valence-corrected chi connectivity index (χ3v) is 4.02. The molecule has 0 aromatic heterocycles. The smallest absolute Gasteiger partial charge is 0.410 e. The zero-order valence-electron chi connectivity index (χ0n) is 14.4. The van der Waals surface area contributed by atoms with Crippen LogP contribution in [0.3, 0.4) is 0 Å². The van der Waals surface area contributed by atoms with Crippen molar-refractivity contribution in [3.63, 3.8) is 0 Å². The Morgan fingerprint density at radius 3 is 2.23 bits per heavy atom. The maximum Gasteiger partial charge on any atom is 0.410 e. The molecule has 10 heteroatoms. The van der Waals surface area contributed by atoms with Gasteiger partial charge in [-0.3, -0.25) is 10.1 Å². The maximum atomic E-state index is 14.0. The van der Waals surface area contributed by atoms with E-state index in [9.17, 15) is 32.5 Å². The second-order valence-corrected chi connectivity index (χ2v) is 7.06. The molecule has 1 amide bonds. The molecule has 6 nitrogen and oxygen atoms in total. The van der Waals surface area contributed by atoms with Gasteiger partial charge in [0, 0.05) is 23.1 Å². The van der Waals surface area contributed by atoms with Gasteiger partial charge in [0.1, 0.15) is 5.60 Å². The number of carbonyl (C=O) groups excluding carboxylic acids is 1. The van der Waals surface area contributed by atoms with Crippen LogP contribution in [0.25, 0.3) is 0 Å². The minimum Gasteiger partial charge on any atom is -0.444 e. The van der Waals surface area contributed by atoms with Crippen LogP contribution in [0, 0.1) is 33.4 Å². The Labute approximate surface area is 146 Å². The summed E-state index contributed by atoms with van der Waals surface area (Å²) in [5, 5.41) is 11.4. The molecule has 0 N–H and O–H groups in total. The van der Waals surface area contributed by atoms with E-state index in [1.165, 1.54) is 0 Å². The molecule has 1 fully saturated rings. The number of nitro groups is 1. The van der Waals surface area contributed by atoms with Crippen molar-refractivity contribution < 1.29 is 32.0 Å². The van der Waals surface area contributed by atoms with Crippen molar-refractivity contribution in [1.82, 2.24) is 4.90 Å². The van der Waals surface area contributed by atoms with E-state index < -0.39 is 64.0 Å². The average Bonchev–Trinajstić information content (AvgIpc) is 2.51.